The topological polar surface area (TPSA) is 141 Å². The van der Waals surface area contributed by atoms with Crippen LogP contribution < -0.4 is 11.1 Å². The normalized spacial score (nSPS) is 15.2. The third kappa shape index (κ3) is 8.52. The van der Waals surface area contributed by atoms with Gasteiger partial charge in [0, 0.05) is 60.6 Å². The van der Waals surface area contributed by atoms with Crippen LogP contribution in [-0.2, 0) is 28.5 Å². The minimum absolute atomic E-state index is 0.0612. The van der Waals surface area contributed by atoms with Crippen LogP contribution in [0.2, 0.25) is 0 Å². The number of ketones is 2. The Kier molecular flexibility index (Phi) is 10.5. The predicted molar refractivity (Wildman–Crippen MR) is 163 cm³/mol. The monoisotopic (exact) mass is 684 g/mol. The summed E-state index contributed by atoms with van der Waals surface area (Å²) in [6, 6.07) is 7.12. The van der Waals surface area contributed by atoms with Gasteiger partial charge in [-0.15, -0.1) is 0 Å². The minimum atomic E-state index is -3.20. The molecule has 2 saturated carbocycles. The van der Waals surface area contributed by atoms with E-state index in [0.717, 1.165) is 25.0 Å². The molecule has 0 radical (unpaired) electrons. The summed E-state index contributed by atoms with van der Waals surface area (Å²) in [6.45, 7) is -0.677. The van der Waals surface area contributed by atoms with Gasteiger partial charge < -0.3 is 11.1 Å². The summed E-state index contributed by atoms with van der Waals surface area (Å²) in [5.74, 6) is -3.83. The number of nitrogens with zero attached hydrogens (tertiary/aromatic N) is 4. The lowest BCUT2D eigenvalue weighted by atomic mass is 9.91. The molecule has 1 amide bonds. The van der Waals surface area contributed by atoms with Crippen molar-refractivity contribution in [1.82, 2.24) is 25.3 Å². The molecule has 2 aromatic carbocycles. The van der Waals surface area contributed by atoms with Gasteiger partial charge in [-0.2, -0.15) is 8.78 Å². The second-order valence-corrected chi connectivity index (χ2v) is 12.0. The van der Waals surface area contributed by atoms with Crippen LogP contribution in [0.3, 0.4) is 0 Å². The molecule has 0 aliphatic heterocycles. The molecule has 2 fully saturated rings. The van der Waals surface area contributed by atoms with E-state index in [2.05, 4.69) is 19.9 Å². The second-order valence-electron chi connectivity index (χ2n) is 12.0. The molecule has 2 aliphatic carbocycles. The van der Waals surface area contributed by atoms with Crippen LogP contribution in [0.25, 0.3) is 0 Å². The molecular weight excluding hydrogens is 654 g/mol. The number of hydrogen-bond acceptors (Lipinski definition) is 8. The average Bonchev–Trinajstić information content (AvgIpc) is 4.02. The van der Waals surface area contributed by atoms with Gasteiger partial charge in [-0.3, -0.25) is 14.4 Å². The number of nitrogens with one attached hydrogen (secondary N) is 1. The van der Waals surface area contributed by atoms with E-state index in [4.69, 9.17) is 5.73 Å². The molecule has 2 aliphatic rings. The molecule has 15 heteroatoms. The lowest BCUT2D eigenvalue weighted by Crippen LogP contribution is -2.34. The van der Waals surface area contributed by atoms with E-state index in [-0.39, 0.29) is 23.3 Å². The van der Waals surface area contributed by atoms with Crippen LogP contribution in [0.5, 0.6) is 0 Å². The Labute approximate surface area is 276 Å². The number of carbonyl (C=O) groups is 3. The second kappa shape index (κ2) is 14.6. The lowest BCUT2D eigenvalue weighted by molar-refractivity contribution is -0.131. The number of rotatable bonds is 12. The van der Waals surface area contributed by atoms with Crippen molar-refractivity contribution in [1.29, 1.82) is 0 Å². The van der Waals surface area contributed by atoms with Gasteiger partial charge >= 0.3 is 6.43 Å². The van der Waals surface area contributed by atoms with Crippen molar-refractivity contribution in [3.05, 3.63) is 118 Å². The lowest BCUT2D eigenvalue weighted by Gasteiger charge is -2.15. The highest BCUT2D eigenvalue weighted by molar-refractivity contribution is 5.99. The zero-order valence-corrected chi connectivity index (χ0v) is 25.9. The Morgan fingerprint density at radius 2 is 1.10 bits per heavy atom. The van der Waals surface area contributed by atoms with Crippen LogP contribution in [-0.4, -0.2) is 56.9 Å². The Balaban J connectivity index is 0.000000195. The molecule has 0 atom stereocenters. The van der Waals surface area contributed by atoms with E-state index in [9.17, 15) is 40.7 Å². The zero-order chi connectivity index (χ0) is 35.3. The van der Waals surface area contributed by atoms with Crippen LogP contribution in [0.15, 0.2) is 61.2 Å². The van der Waals surface area contributed by atoms with Crippen molar-refractivity contribution < 1.29 is 40.7 Å². The Morgan fingerprint density at radius 3 is 1.45 bits per heavy atom. The largest absolute Gasteiger partial charge is 0.344 e. The smallest absolute Gasteiger partial charge is 0.315 e. The van der Waals surface area contributed by atoms with Crippen LogP contribution in [0.4, 0.5) is 26.3 Å². The molecule has 9 nitrogen and oxygen atoms in total. The molecule has 0 saturated heterocycles. The number of aromatic nitrogens is 4. The van der Waals surface area contributed by atoms with Gasteiger partial charge in [-0.05, 0) is 48.9 Å². The summed E-state index contributed by atoms with van der Waals surface area (Å²) in [5, 5.41) is 1.81. The number of hydrogen-bond donors (Lipinski definition) is 2. The number of benzene rings is 2. The van der Waals surface area contributed by atoms with E-state index in [1.54, 1.807) is 0 Å². The minimum Gasteiger partial charge on any atom is -0.344 e. The average molecular weight is 685 g/mol. The third-order valence-electron chi connectivity index (χ3n) is 8.57. The zero-order valence-electron chi connectivity index (χ0n) is 25.9. The maximum atomic E-state index is 14.1. The Bertz CT molecular complexity index is 1850. The van der Waals surface area contributed by atoms with Gasteiger partial charge in [0.1, 0.15) is 34.9 Å². The molecule has 0 bridgehead atoms. The summed E-state index contributed by atoms with van der Waals surface area (Å²) in [7, 11) is 0. The molecule has 2 heterocycles. The first-order valence-corrected chi connectivity index (χ1v) is 15.2. The van der Waals surface area contributed by atoms with E-state index >= 15 is 0 Å². The van der Waals surface area contributed by atoms with Crippen molar-refractivity contribution >= 4 is 17.5 Å². The fraction of sp³-hybridized carbons (Fsp3) is 0.324. The number of Topliss-reactive ketones (excluding diaryl/α,β-unsaturated/α-hetero) is 2. The Morgan fingerprint density at radius 1 is 0.694 bits per heavy atom. The van der Waals surface area contributed by atoms with E-state index in [1.165, 1.54) is 49.1 Å². The maximum absolute atomic E-state index is 14.1. The molecular formula is C34H30F6N6O3. The number of amides is 1. The molecule has 49 heavy (non-hydrogen) atoms. The first-order valence-electron chi connectivity index (χ1n) is 15.2. The van der Waals surface area contributed by atoms with Crippen molar-refractivity contribution in [3.8, 4) is 0 Å². The third-order valence-corrected chi connectivity index (χ3v) is 8.57. The predicted octanol–water partition coefficient (Wildman–Crippen LogP) is 4.76. The first kappa shape index (κ1) is 35.3. The molecule has 2 aromatic heterocycles. The first-order chi connectivity index (χ1) is 23.3. The number of halogens is 6. The van der Waals surface area contributed by atoms with Crippen molar-refractivity contribution in [2.45, 2.75) is 55.8 Å². The molecule has 3 N–H and O–H groups in total. The molecule has 4 aromatic rings. The van der Waals surface area contributed by atoms with Gasteiger partial charge in [0.25, 0.3) is 5.91 Å². The molecule has 0 unspecified atom stereocenters. The highest BCUT2D eigenvalue weighted by Crippen LogP contribution is 2.52. The summed E-state index contributed by atoms with van der Waals surface area (Å²) >= 11 is 0. The maximum Gasteiger partial charge on any atom is 0.315 e. The highest BCUT2D eigenvalue weighted by Gasteiger charge is 2.47. The van der Waals surface area contributed by atoms with Gasteiger partial charge in [-0.1, -0.05) is 12.1 Å². The van der Waals surface area contributed by atoms with Crippen LogP contribution in [0, 0.1) is 23.3 Å². The molecule has 0 spiro atoms. The summed E-state index contributed by atoms with van der Waals surface area (Å²) in [5.41, 5.74) is 5.76. The highest BCUT2D eigenvalue weighted by atomic mass is 19.3. The fourth-order valence-corrected chi connectivity index (χ4v) is 5.47. The quantitative estimate of drug-likeness (QED) is 0.161. The van der Waals surface area contributed by atoms with Crippen molar-refractivity contribution in [3.63, 3.8) is 0 Å². The number of nitrogens with two attached hydrogens (primary N) is 1. The number of carbonyl (C=O) groups excluding carboxylic acids is 3. The number of alkyl halides is 2. The van der Waals surface area contributed by atoms with Gasteiger partial charge in [0.15, 0.2) is 11.6 Å². The SMILES string of the molecule is NCC(=O)c1cnc(CC2(c3ccc(F)cc3F)CC2)nc1.O=C(CNC(=O)C(F)F)c1cnc(CC2(c3ccc(F)cc3F)CC2)nc1. The summed E-state index contributed by atoms with van der Waals surface area (Å²) in [6.07, 6.45) is 5.97. The van der Waals surface area contributed by atoms with Crippen LogP contribution in [0.1, 0.15) is 69.2 Å². The molecule has 6 rings (SSSR count). The van der Waals surface area contributed by atoms with E-state index in [1.807, 2.05) is 5.32 Å². The van der Waals surface area contributed by atoms with Crippen molar-refractivity contribution in [2.24, 2.45) is 5.73 Å². The van der Waals surface area contributed by atoms with E-state index < -0.39 is 53.3 Å². The van der Waals surface area contributed by atoms with Gasteiger partial charge in [0.2, 0.25) is 0 Å². The van der Waals surface area contributed by atoms with Crippen LogP contribution >= 0.6 is 0 Å². The van der Waals surface area contributed by atoms with Crippen molar-refractivity contribution in [2.75, 3.05) is 13.1 Å². The molecule has 256 valence electrons. The fourth-order valence-electron chi connectivity index (χ4n) is 5.47. The Hall–Kier alpha value is -5.05. The standard InChI is InChI=1S/C18H15F4N3O2.C16H15F2N3O/c19-11-1-2-12(13(20)5-11)18(3-4-18)6-15-23-7-10(8-24-15)14(26)9-25-17(27)16(21)22;17-11-1-2-12(13(18)5-11)16(3-4-16)6-15-20-8-10(9-21-15)14(22)7-19/h1-2,5,7-8,16H,3-4,6,9H2,(H,25,27);1-2,5,8-9H,3-4,6-7,19H2. The van der Waals surface area contributed by atoms with Gasteiger partial charge in [0.05, 0.1) is 24.2 Å². The van der Waals surface area contributed by atoms with Gasteiger partial charge in [-0.25, -0.2) is 37.5 Å². The van der Waals surface area contributed by atoms with E-state index in [0.29, 0.717) is 54.0 Å². The summed E-state index contributed by atoms with van der Waals surface area (Å²) < 4.78 is 78.3. The summed E-state index contributed by atoms with van der Waals surface area (Å²) in [4.78, 5) is 50.5.